The number of carbonyl (C=O) groups is 2. The Labute approximate surface area is 152 Å². The number of hydrogen-bond donors (Lipinski definition) is 1. The van der Waals surface area contributed by atoms with E-state index in [1.165, 1.54) is 7.11 Å². The molecule has 0 radical (unpaired) electrons. The first kappa shape index (κ1) is 21.4. The summed E-state index contributed by atoms with van der Waals surface area (Å²) >= 11 is 0. The van der Waals surface area contributed by atoms with Crippen LogP contribution in [0.5, 0.6) is 0 Å². The van der Waals surface area contributed by atoms with Gasteiger partial charge < -0.3 is 14.5 Å². The molecule has 0 heterocycles. The van der Waals surface area contributed by atoms with Gasteiger partial charge in [0.25, 0.3) is 0 Å². The molecule has 0 aliphatic rings. The lowest BCUT2D eigenvalue weighted by Crippen LogP contribution is -2.45. The van der Waals surface area contributed by atoms with E-state index in [0.29, 0.717) is 13.0 Å². The van der Waals surface area contributed by atoms with E-state index in [9.17, 15) is 9.59 Å². The van der Waals surface area contributed by atoms with Crippen molar-refractivity contribution in [2.24, 2.45) is 0 Å². The highest BCUT2D eigenvalue weighted by Gasteiger charge is 2.37. The molecule has 0 saturated carbocycles. The van der Waals surface area contributed by atoms with Crippen LogP contribution >= 0.6 is 0 Å². The Morgan fingerprint density at radius 2 is 1.76 bits per heavy atom. The smallest absolute Gasteiger partial charge is 0.328 e. The first-order valence-electron chi connectivity index (χ1n) is 8.62. The van der Waals surface area contributed by atoms with E-state index in [0.717, 1.165) is 5.56 Å². The van der Waals surface area contributed by atoms with Crippen LogP contribution < -0.4 is 5.32 Å². The van der Waals surface area contributed by atoms with E-state index in [1.54, 1.807) is 0 Å². The standard InChI is InChI=1S/C19H31NO4Si/c1-19(2,3)25(5,6)24-13-12-16(18(22)23-4)20-17(21)14-15-10-8-7-9-11-15/h7-11,16H,12-14H2,1-6H3,(H,20,21)/t16-/m0/s1. The number of amides is 1. The van der Waals surface area contributed by atoms with Gasteiger partial charge in [-0.05, 0) is 23.7 Å². The maximum absolute atomic E-state index is 12.2. The number of methoxy groups -OCH3 is 1. The number of carbonyl (C=O) groups excluding carboxylic acids is 2. The molecule has 0 spiro atoms. The Morgan fingerprint density at radius 3 is 2.28 bits per heavy atom. The maximum Gasteiger partial charge on any atom is 0.328 e. The average Bonchev–Trinajstić information content (AvgIpc) is 2.52. The minimum absolute atomic E-state index is 0.102. The Hall–Kier alpha value is -1.66. The molecule has 0 bridgehead atoms. The predicted molar refractivity (Wildman–Crippen MR) is 102 cm³/mol. The van der Waals surface area contributed by atoms with Crippen molar-refractivity contribution in [1.82, 2.24) is 5.32 Å². The van der Waals surface area contributed by atoms with Gasteiger partial charge in [-0.1, -0.05) is 51.1 Å². The second kappa shape index (κ2) is 9.15. The molecule has 6 heteroatoms. The molecule has 140 valence electrons. The predicted octanol–water partition coefficient (Wildman–Crippen LogP) is 3.30. The third kappa shape index (κ3) is 7.00. The zero-order valence-electron chi connectivity index (χ0n) is 16.2. The molecule has 0 aromatic heterocycles. The molecule has 1 rings (SSSR count). The van der Waals surface area contributed by atoms with E-state index in [-0.39, 0.29) is 17.4 Å². The summed E-state index contributed by atoms with van der Waals surface area (Å²) in [7, 11) is -0.556. The van der Waals surface area contributed by atoms with Gasteiger partial charge in [-0.2, -0.15) is 0 Å². The summed E-state index contributed by atoms with van der Waals surface area (Å²) < 4.78 is 10.9. The van der Waals surface area contributed by atoms with Crippen molar-refractivity contribution in [3.8, 4) is 0 Å². The topological polar surface area (TPSA) is 64.6 Å². The lowest BCUT2D eigenvalue weighted by molar-refractivity contribution is -0.145. The molecule has 0 fully saturated rings. The zero-order chi connectivity index (χ0) is 19.1. The number of nitrogens with one attached hydrogen (secondary N) is 1. The SMILES string of the molecule is COC(=O)[C@H](CCO[Si](C)(C)C(C)(C)C)NC(=O)Cc1ccccc1. The highest BCUT2D eigenvalue weighted by atomic mass is 28.4. The highest BCUT2D eigenvalue weighted by molar-refractivity contribution is 6.74. The molecule has 5 nitrogen and oxygen atoms in total. The van der Waals surface area contributed by atoms with Gasteiger partial charge in [0.2, 0.25) is 5.91 Å². The minimum Gasteiger partial charge on any atom is -0.467 e. The van der Waals surface area contributed by atoms with Crippen molar-refractivity contribution < 1.29 is 18.8 Å². The van der Waals surface area contributed by atoms with Gasteiger partial charge in [-0.25, -0.2) is 4.79 Å². The summed E-state index contributed by atoms with van der Waals surface area (Å²) in [5.74, 6) is -0.644. The number of ether oxygens (including phenoxy) is 1. The van der Waals surface area contributed by atoms with Crippen LogP contribution in [0.4, 0.5) is 0 Å². The monoisotopic (exact) mass is 365 g/mol. The van der Waals surface area contributed by atoms with Gasteiger partial charge in [-0.3, -0.25) is 4.79 Å². The van der Waals surface area contributed by atoms with Crippen molar-refractivity contribution in [2.75, 3.05) is 13.7 Å². The number of esters is 1. The average molecular weight is 366 g/mol. The summed E-state index contributed by atoms with van der Waals surface area (Å²) in [6, 6.07) is 8.74. The fraction of sp³-hybridized carbons (Fsp3) is 0.579. The Bertz CT molecular complexity index is 567. The van der Waals surface area contributed by atoms with Crippen molar-refractivity contribution in [3.05, 3.63) is 35.9 Å². The third-order valence-electron chi connectivity index (χ3n) is 4.70. The molecule has 0 aliphatic carbocycles. The molecule has 0 saturated heterocycles. The quantitative estimate of drug-likeness (QED) is 0.567. The number of hydrogen-bond acceptors (Lipinski definition) is 4. The van der Waals surface area contributed by atoms with Crippen molar-refractivity contribution >= 4 is 20.2 Å². The lowest BCUT2D eigenvalue weighted by atomic mass is 10.1. The lowest BCUT2D eigenvalue weighted by Gasteiger charge is -2.36. The van der Waals surface area contributed by atoms with Crippen molar-refractivity contribution in [3.63, 3.8) is 0 Å². The molecule has 1 atom stereocenters. The molecular formula is C19H31NO4Si. The first-order valence-corrected chi connectivity index (χ1v) is 11.5. The number of rotatable bonds is 8. The molecule has 1 aromatic rings. The Kier molecular flexibility index (Phi) is 7.83. The molecule has 25 heavy (non-hydrogen) atoms. The van der Waals surface area contributed by atoms with E-state index in [4.69, 9.17) is 9.16 Å². The molecule has 1 amide bonds. The Balaban J connectivity index is 2.60. The highest BCUT2D eigenvalue weighted by Crippen LogP contribution is 2.36. The van der Waals surface area contributed by atoms with Gasteiger partial charge in [0.15, 0.2) is 8.32 Å². The normalized spacial score (nSPS) is 13.2. The maximum atomic E-state index is 12.2. The first-order chi connectivity index (χ1) is 11.6. The summed E-state index contributed by atoms with van der Waals surface area (Å²) in [6.45, 7) is 11.2. The fourth-order valence-electron chi connectivity index (χ4n) is 2.07. The molecule has 0 aliphatic heterocycles. The van der Waals surface area contributed by atoms with Crippen LogP contribution in [0.25, 0.3) is 0 Å². The second-order valence-electron chi connectivity index (χ2n) is 7.70. The van der Waals surface area contributed by atoms with E-state index >= 15 is 0 Å². The summed E-state index contributed by atoms with van der Waals surface area (Å²) in [4.78, 5) is 24.2. The van der Waals surface area contributed by atoms with E-state index in [2.05, 4.69) is 39.2 Å². The molecule has 1 N–H and O–H groups in total. The van der Waals surface area contributed by atoms with Gasteiger partial charge in [0.1, 0.15) is 6.04 Å². The van der Waals surface area contributed by atoms with Crippen LogP contribution in [-0.2, 0) is 25.2 Å². The zero-order valence-corrected chi connectivity index (χ0v) is 17.2. The second-order valence-corrected chi connectivity index (χ2v) is 12.5. The van der Waals surface area contributed by atoms with E-state index < -0.39 is 20.3 Å². The van der Waals surface area contributed by atoms with Crippen LogP contribution in [0.15, 0.2) is 30.3 Å². The van der Waals surface area contributed by atoms with Crippen LogP contribution in [0.3, 0.4) is 0 Å². The van der Waals surface area contributed by atoms with Gasteiger partial charge in [-0.15, -0.1) is 0 Å². The van der Waals surface area contributed by atoms with E-state index in [1.807, 2.05) is 30.3 Å². The van der Waals surface area contributed by atoms with Crippen molar-refractivity contribution in [1.29, 1.82) is 0 Å². The molecule has 0 unspecified atom stereocenters. The summed E-state index contributed by atoms with van der Waals surface area (Å²) in [5.41, 5.74) is 0.904. The Morgan fingerprint density at radius 1 is 1.16 bits per heavy atom. The number of benzene rings is 1. The van der Waals surface area contributed by atoms with Crippen LogP contribution in [0, 0.1) is 0 Å². The molecular weight excluding hydrogens is 334 g/mol. The minimum atomic E-state index is -1.88. The third-order valence-corrected chi connectivity index (χ3v) is 9.24. The van der Waals surface area contributed by atoms with Crippen LogP contribution in [0.2, 0.25) is 18.1 Å². The largest absolute Gasteiger partial charge is 0.467 e. The van der Waals surface area contributed by atoms with Crippen LogP contribution in [0.1, 0.15) is 32.8 Å². The van der Waals surface area contributed by atoms with Crippen LogP contribution in [-0.4, -0.2) is 40.0 Å². The summed E-state index contributed by atoms with van der Waals surface area (Å²) in [5, 5.41) is 2.86. The van der Waals surface area contributed by atoms with Gasteiger partial charge in [0.05, 0.1) is 13.5 Å². The van der Waals surface area contributed by atoms with Gasteiger partial charge >= 0.3 is 5.97 Å². The molecule has 1 aromatic carbocycles. The van der Waals surface area contributed by atoms with Crippen molar-refractivity contribution in [2.45, 2.75) is 57.8 Å². The fourth-order valence-corrected chi connectivity index (χ4v) is 3.13. The van der Waals surface area contributed by atoms with Gasteiger partial charge in [0, 0.05) is 13.0 Å². The summed E-state index contributed by atoms with van der Waals surface area (Å²) in [6.07, 6.45) is 0.636.